The Labute approximate surface area is 110 Å². The van der Waals surface area contributed by atoms with Gasteiger partial charge >= 0.3 is 0 Å². The van der Waals surface area contributed by atoms with Crippen LogP contribution in [0.4, 0.5) is 8.78 Å². The van der Waals surface area contributed by atoms with Crippen LogP contribution in [0.3, 0.4) is 0 Å². The summed E-state index contributed by atoms with van der Waals surface area (Å²) in [6.45, 7) is 2.49. The van der Waals surface area contributed by atoms with E-state index in [1.807, 2.05) is 0 Å². The van der Waals surface area contributed by atoms with Crippen molar-refractivity contribution in [2.24, 2.45) is 5.92 Å². The van der Waals surface area contributed by atoms with E-state index in [4.69, 9.17) is 0 Å². The number of amides is 1. The second-order valence-electron chi connectivity index (χ2n) is 5.40. The Hall–Kier alpha value is -1.49. The van der Waals surface area contributed by atoms with E-state index in [9.17, 15) is 13.6 Å². The molecule has 1 heterocycles. The average molecular weight is 266 g/mol. The molecule has 19 heavy (non-hydrogen) atoms. The average Bonchev–Trinajstić information content (AvgIpc) is 3.15. The van der Waals surface area contributed by atoms with E-state index >= 15 is 0 Å². The highest BCUT2D eigenvalue weighted by Gasteiger charge is 2.40. The lowest BCUT2D eigenvalue weighted by atomic mass is 10.1. The molecular weight excluding hydrogens is 250 g/mol. The van der Waals surface area contributed by atoms with E-state index in [1.54, 1.807) is 11.8 Å². The maximum Gasteiger partial charge on any atom is 0.241 e. The third kappa shape index (κ3) is 2.34. The number of rotatable bonds is 3. The van der Waals surface area contributed by atoms with E-state index in [0.29, 0.717) is 18.0 Å². The summed E-state index contributed by atoms with van der Waals surface area (Å²) in [5.41, 5.74) is 0.595. The first-order valence-corrected chi connectivity index (χ1v) is 6.57. The molecule has 2 aliphatic rings. The Morgan fingerprint density at radius 3 is 2.68 bits per heavy atom. The fourth-order valence-corrected chi connectivity index (χ4v) is 2.51. The largest absolute Gasteiger partial charge is 0.321 e. The molecule has 1 N–H and O–H groups in total. The van der Waals surface area contributed by atoms with Crippen molar-refractivity contribution in [1.82, 2.24) is 10.2 Å². The molecule has 0 radical (unpaired) electrons. The first-order chi connectivity index (χ1) is 9.06. The van der Waals surface area contributed by atoms with Crippen LogP contribution < -0.4 is 5.32 Å². The van der Waals surface area contributed by atoms with E-state index in [1.165, 1.54) is 6.07 Å². The van der Waals surface area contributed by atoms with E-state index in [0.717, 1.165) is 25.0 Å². The van der Waals surface area contributed by atoms with Crippen molar-refractivity contribution in [2.75, 3.05) is 6.54 Å². The van der Waals surface area contributed by atoms with Crippen LogP contribution in [-0.2, 0) is 4.79 Å². The van der Waals surface area contributed by atoms with Crippen molar-refractivity contribution < 1.29 is 13.6 Å². The maximum atomic E-state index is 13.3. The molecule has 2 fully saturated rings. The predicted molar refractivity (Wildman–Crippen MR) is 66.1 cm³/mol. The monoisotopic (exact) mass is 266 g/mol. The molecule has 2 unspecified atom stereocenters. The first kappa shape index (κ1) is 12.5. The molecule has 5 heteroatoms. The topological polar surface area (TPSA) is 32.3 Å². The van der Waals surface area contributed by atoms with Crippen LogP contribution in [0.2, 0.25) is 0 Å². The van der Waals surface area contributed by atoms with Gasteiger partial charge in [0.2, 0.25) is 5.91 Å². The van der Waals surface area contributed by atoms with Crippen LogP contribution in [0, 0.1) is 17.6 Å². The summed E-state index contributed by atoms with van der Waals surface area (Å²) in [4.78, 5) is 13.8. The summed E-state index contributed by atoms with van der Waals surface area (Å²) >= 11 is 0. The summed E-state index contributed by atoms with van der Waals surface area (Å²) in [6.07, 6.45) is 1.93. The summed E-state index contributed by atoms with van der Waals surface area (Å²) in [7, 11) is 0. The van der Waals surface area contributed by atoms with Crippen molar-refractivity contribution >= 4 is 5.91 Å². The van der Waals surface area contributed by atoms with Gasteiger partial charge in [0.25, 0.3) is 0 Å². The minimum Gasteiger partial charge on any atom is -0.321 e. The number of halogens is 2. The minimum atomic E-state index is -0.877. The zero-order chi connectivity index (χ0) is 13.6. The highest BCUT2D eigenvalue weighted by Crippen LogP contribution is 2.34. The zero-order valence-electron chi connectivity index (χ0n) is 10.7. The van der Waals surface area contributed by atoms with Gasteiger partial charge < -0.3 is 4.90 Å². The van der Waals surface area contributed by atoms with Crippen molar-refractivity contribution in [3.63, 3.8) is 0 Å². The summed E-state index contributed by atoms with van der Waals surface area (Å²) in [5.74, 6) is -1.15. The van der Waals surface area contributed by atoms with Crippen molar-refractivity contribution in [2.45, 2.75) is 32.0 Å². The van der Waals surface area contributed by atoms with Crippen LogP contribution in [0.5, 0.6) is 0 Å². The molecule has 3 nitrogen and oxygen atoms in total. The number of carbonyl (C=O) groups excluding carboxylic acids is 1. The van der Waals surface area contributed by atoms with Gasteiger partial charge in [0.15, 0.2) is 11.6 Å². The lowest BCUT2D eigenvalue weighted by Gasteiger charge is -2.24. The van der Waals surface area contributed by atoms with E-state index in [2.05, 4.69) is 5.32 Å². The number of nitrogens with zero attached hydrogens (tertiary/aromatic N) is 1. The molecule has 0 bridgehead atoms. The molecule has 1 aliphatic heterocycles. The summed E-state index contributed by atoms with van der Waals surface area (Å²) in [5, 5.41) is 3.14. The fraction of sp³-hybridized carbons (Fsp3) is 0.500. The highest BCUT2D eigenvalue weighted by atomic mass is 19.2. The third-order valence-electron chi connectivity index (χ3n) is 3.78. The molecule has 0 aromatic heterocycles. The summed E-state index contributed by atoms with van der Waals surface area (Å²) in [6, 6.07) is 3.52. The minimum absolute atomic E-state index is 0.0293. The van der Waals surface area contributed by atoms with Crippen LogP contribution in [0.15, 0.2) is 18.2 Å². The van der Waals surface area contributed by atoms with E-state index in [-0.39, 0.29) is 18.1 Å². The van der Waals surface area contributed by atoms with Crippen LogP contribution in [-0.4, -0.2) is 23.4 Å². The zero-order valence-corrected chi connectivity index (χ0v) is 10.7. The van der Waals surface area contributed by atoms with Crippen molar-refractivity contribution in [3.8, 4) is 0 Å². The van der Waals surface area contributed by atoms with Crippen molar-refractivity contribution in [3.05, 3.63) is 35.4 Å². The Morgan fingerprint density at radius 1 is 1.32 bits per heavy atom. The van der Waals surface area contributed by atoms with Gasteiger partial charge in [-0.25, -0.2) is 8.78 Å². The number of hydrogen-bond acceptors (Lipinski definition) is 2. The van der Waals surface area contributed by atoms with Gasteiger partial charge in [-0.2, -0.15) is 0 Å². The van der Waals surface area contributed by atoms with Gasteiger partial charge in [-0.05, 0) is 43.4 Å². The Bertz CT molecular complexity index is 516. The Balaban J connectivity index is 1.87. The predicted octanol–water partition coefficient (Wildman–Crippen LogP) is 2.19. The normalized spacial score (nSPS) is 27.1. The quantitative estimate of drug-likeness (QED) is 0.909. The van der Waals surface area contributed by atoms with Gasteiger partial charge in [0.1, 0.15) is 6.17 Å². The van der Waals surface area contributed by atoms with Gasteiger partial charge in [0.05, 0.1) is 6.04 Å². The molecule has 1 saturated carbocycles. The standard InChI is InChI=1S/C14H16F2N2O/c1-8-14(19)18(7-9-2-3-9)13(17-8)10-4-5-11(15)12(16)6-10/h4-6,8-9,13,17H,2-3,7H2,1H3. The van der Waals surface area contributed by atoms with Gasteiger partial charge in [0, 0.05) is 6.54 Å². The van der Waals surface area contributed by atoms with Crippen LogP contribution in [0.1, 0.15) is 31.5 Å². The van der Waals surface area contributed by atoms with E-state index < -0.39 is 11.6 Å². The van der Waals surface area contributed by atoms with Crippen LogP contribution >= 0.6 is 0 Å². The number of hydrogen-bond donors (Lipinski definition) is 1. The molecule has 3 rings (SSSR count). The smallest absolute Gasteiger partial charge is 0.241 e. The first-order valence-electron chi connectivity index (χ1n) is 6.57. The van der Waals surface area contributed by atoms with Gasteiger partial charge in [-0.1, -0.05) is 6.07 Å². The molecule has 102 valence electrons. The molecular formula is C14H16F2N2O. The number of carbonyl (C=O) groups is 1. The highest BCUT2D eigenvalue weighted by molar-refractivity contribution is 5.84. The molecule has 1 saturated heterocycles. The second kappa shape index (κ2) is 4.56. The third-order valence-corrected chi connectivity index (χ3v) is 3.78. The molecule has 1 amide bonds. The Morgan fingerprint density at radius 2 is 2.05 bits per heavy atom. The summed E-state index contributed by atoms with van der Waals surface area (Å²) < 4.78 is 26.3. The molecule has 1 aromatic rings. The van der Waals surface area contributed by atoms with Gasteiger partial charge in [-0.3, -0.25) is 10.1 Å². The maximum absolute atomic E-state index is 13.3. The number of nitrogens with one attached hydrogen (secondary N) is 1. The molecule has 1 aromatic carbocycles. The lowest BCUT2D eigenvalue weighted by Crippen LogP contribution is -2.32. The lowest BCUT2D eigenvalue weighted by molar-refractivity contribution is -0.130. The SMILES string of the molecule is CC1NC(c2ccc(F)c(F)c2)N(CC2CC2)C1=O. The van der Waals surface area contributed by atoms with Gasteiger partial charge in [-0.15, -0.1) is 0 Å². The molecule has 0 spiro atoms. The van der Waals surface area contributed by atoms with Crippen molar-refractivity contribution in [1.29, 1.82) is 0 Å². The molecule has 1 aliphatic carbocycles. The second-order valence-corrected chi connectivity index (χ2v) is 5.40. The van der Waals surface area contributed by atoms with Crippen LogP contribution in [0.25, 0.3) is 0 Å². The fourth-order valence-electron chi connectivity index (χ4n) is 2.51. The number of benzene rings is 1. The Kier molecular flexibility index (Phi) is 3.01. The molecule has 2 atom stereocenters.